The third-order valence-electron chi connectivity index (χ3n) is 4.13. The van der Waals surface area contributed by atoms with Crippen molar-refractivity contribution in [1.82, 2.24) is 0 Å². The first kappa shape index (κ1) is 11.8. The van der Waals surface area contributed by atoms with Crippen molar-refractivity contribution >= 4 is 0 Å². The molecule has 1 spiro atoms. The van der Waals surface area contributed by atoms with Crippen molar-refractivity contribution < 1.29 is 14.2 Å². The highest BCUT2D eigenvalue weighted by Gasteiger charge is 2.48. The predicted octanol–water partition coefficient (Wildman–Crippen LogP) is 2.03. The van der Waals surface area contributed by atoms with Crippen LogP contribution in [0, 0.1) is 0 Å². The molecular formula is C14H19NO3. The summed E-state index contributed by atoms with van der Waals surface area (Å²) in [6.07, 6.45) is 1.81. The number of hydrogen-bond donors (Lipinski definition) is 1. The van der Waals surface area contributed by atoms with Gasteiger partial charge in [0.05, 0.1) is 19.8 Å². The minimum absolute atomic E-state index is 0.0204. The second-order valence-electron chi connectivity index (χ2n) is 5.14. The first-order valence-corrected chi connectivity index (χ1v) is 6.39. The van der Waals surface area contributed by atoms with Gasteiger partial charge >= 0.3 is 0 Å². The largest absolute Gasteiger partial charge is 0.497 e. The fourth-order valence-electron chi connectivity index (χ4n) is 2.94. The lowest BCUT2D eigenvalue weighted by molar-refractivity contribution is -0.0275. The molecule has 1 aromatic carbocycles. The summed E-state index contributed by atoms with van der Waals surface area (Å²) in [6, 6.07) is 5.80. The van der Waals surface area contributed by atoms with E-state index in [0.29, 0.717) is 0 Å². The van der Waals surface area contributed by atoms with Gasteiger partial charge < -0.3 is 19.9 Å². The molecule has 2 N–H and O–H groups in total. The van der Waals surface area contributed by atoms with Crippen molar-refractivity contribution in [2.24, 2.45) is 5.73 Å². The van der Waals surface area contributed by atoms with E-state index in [1.54, 1.807) is 7.11 Å². The molecule has 1 saturated heterocycles. The second-order valence-corrected chi connectivity index (χ2v) is 5.14. The van der Waals surface area contributed by atoms with Crippen LogP contribution in [-0.2, 0) is 4.74 Å². The van der Waals surface area contributed by atoms with Crippen LogP contribution in [0.25, 0.3) is 0 Å². The van der Waals surface area contributed by atoms with Crippen molar-refractivity contribution in [3.63, 3.8) is 0 Å². The highest BCUT2D eigenvalue weighted by Crippen LogP contribution is 2.45. The zero-order valence-corrected chi connectivity index (χ0v) is 10.8. The molecule has 0 radical (unpaired) electrons. The molecule has 0 bridgehead atoms. The number of benzene rings is 1. The molecule has 4 heteroatoms. The number of methoxy groups -OCH3 is 1. The summed E-state index contributed by atoms with van der Waals surface area (Å²) in [5.74, 6) is 1.69. The molecule has 0 saturated carbocycles. The molecule has 1 aromatic rings. The third-order valence-corrected chi connectivity index (χ3v) is 4.13. The van der Waals surface area contributed by atoms with E-state index in [1.807, 2.05) is 18.2 Å². The first-order chi connectivity index (χ1) is 8.64. The smallest absolute Gasteiger partial charge is 0.139 e. The van der Waals surface area contributed by atoms with Gasteiger partial charge in [-0.25, -0.2) is 0 Å². The van der Waals surface area contributed by atoms with Crippen LogP contribution in [-0.4, -0.2) is 25.4 Å². The van der Waals surface area contributed by atoms with Crippen LogP contribution in [0.2, 0.25) is 0 Å². The van der Waals surface area contributed by atoms with Gasteiger partial charge in [-0.15, -0.1) is 0 Å². The topological polar surface area (TPSA) is 53.7 Å². The maximum absolute atomic E-state index is 6.30. The van der Waals surface area contributed by atoms with Gasteiger partial charge in [0.1, 0.15) is 17.1 Å². The van der Waals surface area contributed by atoms with Crippen molar-refractivity contribution in [1.29, 1.82) is 0 Å². The normalized spacial score (nSPS) is 34.2. The van der Waals surface area contributed by atoms with E-state index in [-0.39, 0.29) is 17.7 Å². The van der Waals surface area contributed by atoms with E-state index in [9.17, 15) is 0 Å². The van der Waals surface area contributed by atoms with Crippen LogP contribution in [0.15, 0.2) is 18.2 Å². The standard InChI is InChI=1S/C14H19NO3/c1-9-14(5-6-17-9)8-12(15)11-7-10(16-2)3-4-13(11)18-14/h3-4,7,9,12H,5-6,8,15H2,1-2H3/t9?,12-,14?/m1/s1. The fraction of sp³-hybridized carbons (Fsp3) is 0.571. The van der Waals surface area contributed by atoms with Crippen LogP contribution >= 0.6 is 0 Å². The van der Waals surface area contributed by atoms with Crippen LogP contribution in [0.1, 0.15) is 31.4 Å². The van der Waals surface area contributed by atoms with Gasteiger partial charge in [0.25, 0.3) is 0 Å². The van der Waals surface area contributed by atoms with Crippen LogP contribution in [0.4, 0.5) is 0 Å². The lowest BCUT2D eigenvalue weighted by Crippen LogP contribution is -2.47. The number of rotatable bonds is 1. The van der Waals surface area contributed by atoms with E-state index in [1.165, 1.54) is 0 Å². The molecule has 2 heterocycles. The average Bonchev–Trinajstić information content (AvgIpc) is 2.70. The molecule has 0 aromatic heterocycles. The summed E-state index contributed by atoms with van der Waals surface area (Å²) in [5.41, 5.74) is 7.07. The molecule has 2 aliphatic heterocycles. The molecule has 2 unspecified atom stereocenters. The van der Waals surface area contributed by atoms with Crippen molar-refractivity contribution in [2.45, 2.75) is 37.5 Å². The highest BCUT2D eigenvalue weighted by atomic mass is 16.6. The minimum Gasteiger partial charge on any atom is -0.497 e. The summed E-state index contributed by atoms with van der Waals surface area (Å²) >= 11 is 0. The highest BCUT2D eigenvalue weighted by molar-refractivity contribution is 5.44. The van der Waals surface area contributed by atoms with Crippen molar-refractivity contribution in [3.8, 4) is 11.5 Å². The van der Waals surface area contributed by atoms with Gasteiger partial charge in [-0.2, -0.15) is 0 Å². The van der Waals surface area contributed by atoms with Gasteiger partial charge in [-0.3, -0.25) is 0 Å². The predicted molar refractivity (Wildman–Crippen MR) is 67.9 cm³/mol. The van der Waals surface area contributed by atoms with Crippen LogP contribution < -0.4 is 15.2 Å². The van der Waals surface area contributed by atoms with Gasteiger partial charge in [0.15, 0.2) is 0 Å². The Labute approximate surface area is 107 Å². The Balaban J connectivity index is 1.98. The number of fused-ring (bicyclic) bond motifs is 1. The Hall–Kier alpha value is -1.26. The van der Waals surface area contributed by atoms with Crippen LogP contribution in [0.3, 0.4) is 0 Å². The zero-order valence-electron chi connectivity index (χ0n) is 10.8. The summed E-state index contributed by atoms with van der Waals surface area (Å²) < 4.78 is 17.1. The molecule has 0 amide bonds. The molecule has 0 aliphatic carbocycles. The fourth-order valence-corrected chi connectivity index (χ4v) is 2.94. The van der Waals surface area contributed by atoms with E-state index in [0.717, 1.165) is 36.5 Å². The van der Waals surface area contributed by atoms with Crippen LogP contribution in [0.5, 0.6) is 11.5 Å². The molecule has 3 rings (SSSR count). The number of hydrogen-bond acceptors (Lipinski definition) is 4. The van der Waals surface area contributed by atoms with E-state index in [2.05, 4.69) is 6.92 Å². The summed E-state index contributed by atoms with van der Waals surface area (Å²) in [6.45, 7) is 2.81. The second kappa shape index (κ2) is 4.14. The molecule has 3 atom stereocenters. The molecule has 18 heavy (non-hydrogen) atoms. The quantitative estimate of drug-likeness (QED) is 0.827. The van der Waals surface area contributed by atoms with Crippen molar-refractivity contribution in [3.05, 3.63) is 23.8 Å². The van der Waals surface area contributed by atoms with E-state index < -0.39 is 0 Å². The maximum Gasteiger partial charge on any atom is 0.139 e. The zero-order chi connectivity index (χ0) is 12.8. The number of ether oxygens (including phenoxy) is 3. The Morgan fingerprint density at radius 2 is 2.28 bits per heavy atom. The number of nitrogens with two attached hydrogens (primary N) is 1. The van der Waals surface area contributed by atoms with Gasteiger partial charge in [0.2, 0.25) is 0 Å². The first-order valence-electron chi connectivity index (χ1n) is 6.39. The Morgan fingerprint density at radius 3 is 2.94 bits per heavy atom. The summed E-state index contributed by atoms with van der Waals surface area (Å²) in [7, 11) is 1.66. The minimum atomic E-state index is -0.249. The van der Waals surface area contributed by atoms with Gasteiger partial charge in [-0.05, 0) is 25.1 Å². The van der Waals surface area contributed by atoms with Gasteiger partial charge in [0, 0.05) is 24.4 Å². The van der Waals surface area contributed by atoms with Gasteiger partial charge in [-0.1, -0.05) is 0 Å². The maximum atomic E-state index is 6.30. The molecule has 98 valence electrons. The molecule has 4 nitrogen and oxygen atoms in total. The third kappa shape index (κ3) is 1.68. The molecule has 1 fully saturated rings. The van der Waals surface area contributed by atoms with Crippen molar-refractivity contribution in [2.75, 3.05) is 13.7 Å². The Kier molecular flexibility index (Phi) is 2.72. The Bertz CT molecular complexity index is 462. The lowest BCUT2D eigenvalue weighted by atomic mass is 9.83. The average molecular weight is 249 g/mol. The van der Waals surface area contributed by atoms with E-state index in [4.69, 9.17) is 19.9 Å². The molecule has 2 aliphatic rings. The lowest BCUT2D eigenvalue weighted by Gasteiger charge is -2.40. The van der Waals surface area contributed by atoms with E-state index >= 15 is 0 Å². The Morgan fingerprint density at radius 1 is 1.44 bits per heavy atom. The monoisotopic (exact) mass is 249 g/mol. The summed E-state index contributed by atoms with van der Waals surface area (Å²) in [5, 5.41) is 0. The molecular weight excluding hydrogens is 230 g/mol. The summed E-state index contributed by atoms with van der Waals surface area (Å²) in [4.78, 5) is 0. The SMILES string of the molecule is COc1ccc2c(c1)[C@H](N)CC1(CCOC1C)O2.